The highest BCUT2D eigenvalue weighted by molar-refractivity contribution is 5.84. The molecule has 39 heavy (non-hydrogen) atoms. The average Bonchev–Trinajstić information content (AvgIpc) is 3.54. The Morgan fingerprint density at radius 3 is 2.23 bits per heavy atom. The van der Waals surface area contributed by atoms with Crippen LogP contribution >= 0.6 is 0 Å². The summed E-state index contributed by atoms with van der Waals surface area (Å²) in [5.74, 6) is 1.20. The zero-order valence-electron chi connectivity index (χ0n) is 21.5. The molecule has 4 atom stereocenters. The summed E-state index contributed by atoms with van der Waals surface area (Å²) >= 11 is 0. The van der Waals surface area contributed by atoms with Gasteiger partial charge in [-0.2, -0.15) is 9.97 Å². The molecule has 5 N–H and O–H groups in total. The van der Waals surface area contributed by atoms with Gasteiger partial charge >= 0.3 is 0 Å². The fraction of sp³-hybridized carbons (Fsp3) is 0.393. The van der Waals surface area contributed by atoms with Crippen LogP contribution < -0.4 is 15.5 Å². The average molecular weight is 532 g/mol. The van der Waals surface area contributed by atoms with Crippen molar-refractivity contribution in [3.05, 3.63) is 78.1 Å². The highest BCUT2D eigenvalue weighted by Gasteiger charge is 2.44. The number of piperazine rings is 1. The Bertz CT molecular complexity index is 1340. The van der Waals surface area contributed by atoms with E-state index in [1.807, 2.05) is 36.4 Å². The third kappa shape index (κ3) is 5.07. The van der Waals surface area contributed by atoms with Crippen LogP contribution in [0.3, 0.4) is 0 Å². The first-order chi connectivity index (χ1) is 19.1. The zero-order chi connectivity index (χ0) is 26.8. The van der Waals surface area contributed by atoms with Gasteiger partial charge in [0.25, 0.3) is 0 Å². The number of ether oxygens (including phenoxy) is 1. The molecular formula is C28H33N7O4. The number of hydrogen-bond acceptors (Lipinski definition) is 10. The molecule has 2 aromatic carbocycles. The molecule has 0 radical (unpaired) electrons. The summed E-state index contributed by atoms with van der Waals surface area (Å²) < 4.78 is 7.41. The number of rotatable bonds is 8. The smallest absolute Gasteiger partial charge is 0.229 e. The second kappa shape index (κ2) is 11.2. The molecule has 2 fully saturated rings. The Morgan fingerprint density at radius 2 is 1.62 bits per heavy atom. The SMILES string of the molecule is OC[C@H]1O[C@@H](n2cnc3c(NCC(c4ccccc4)c4ccccc4)nc(N4CCNCC4)nc32)[C@H](O)[C@@H]1O. The van der Waals surface area contributed by atoms with E-state index in [4.69, 9.17) is 14.7 Å². The van der Waals surface area contributed by atoms with E-state index in [2.05, 4.69) is 44.8 Å². The lowest BCUT2D eigenvalue weighted by atomic mass is 9.91. The van der Waals surface area contributed by atoms with Crippen LogP contribution in [-0.4, -0.2) is 92.5 Å². The van der Waals surface area contributed by atoms with Crippen LogP contribution in [0.4, 0.5) is 11.8 Å². The largest absolute Gasteiger partial charge is 0.394 e. The Kier molecular flexibility index (Phi) is 7.40. The van der Waals surface area contributed by atoms with Gasteiger partial charge in [-0.15, -0.1) is 0 Å². The summed E-state index contributed by atoms with van der Waals surface area (Å²) in [6.07, 6.45) is -2.76. The molecule has 11 nitrogen and oxygen atoms in total. The van der Waals surface area contributed by atoms with Crippen LogP contribution in [0.5, 0.6) is 0 Å². The maximum absolute atomic E-state index is 10.7. The lowest BCUT2D eigenvalue weighted by Gasteiger charge is -2.28. The minimum atomic E-state index is -1.24. The first-order valence-electron chi connectivity index (χ1n) is 13.3. The Hall–Kier alpha value is -3.61. The van der Waals surface area contributed by atoms with Crippen LogP contribution in [-0.2, 0) is 4.74 Å². The lowest BCUT2D eigenvalue weighted by Crippen LogP contribution is -2.44. The summed E-state index contributed by atoms with van der Waals surface area (Å²) in [4.78, 5) is 16.4. The van der Waals surface area contributed by atoms with E-state index in [0.29, 0.717) is 29.5 Å². The molecule has 4 heterocycles. The maximum Gasteiger partial charge on any atom is 0.229 e. The zero-order valence-corrected chi connectivity index (χ0v) is 21.5. The van der Waals surface area contributed by atoms with Crippen molar-refractivity contribution in [3.8, 4) is 0 Å². The molecule has 2 aromatic heterocycles. The van der Waals surface area contributed by atoms with E-state index in [-0.39, 0.29) is 5.92 Å². The van der Waals surface area contributed by atoms with Crippen molar-refractivity contribution in [2.75, 3.05) is 49.5 Å². The lowest BCUT2D eigenvalue weighted by molar-refractivity contribution is -0.0511. The van der Waals surface area contributed by atoms with Gasteiger partial charge in [0.1, 0.15) is 18.3 Å². The van der Waals surface area contributed by atoms with Crippen molar-refractivity contribution in [3.63, 3.8) is 0 Å². The number of anilines is 2. The van der Waals surface area contributed by atoms with Crippen molar-refractivity contribution in [1.29, 1.82) is 0 Å². The van der Waals surface area contributed by atoms with Gasteiger partial charge in [0.05, 0.1) is 12.9 Å². The van der Waals surface area contributed by atoms with Gasteiger partial charge < -0.3 is 35.6 Å². The number of nitrogens with zero attached hydrogens (tertiary/aromatic N) is 5. The number of hydrogen-bond donors (Lipinski definition) is 5. The van der Waals surface area contributed by atoms with E-state index < -0.39 is 31.1 Å². The van der Waals surface area contributed by atoms with Crippen LogP contribution in [0.1, 0.15) is 23.3 Å². The normalized spacial score (nSPS) is 23.5. The molecule has 0 spiro atoms. The minimum Gasteiger partial charge on any atom is -0.394 e. The van der Waals surface area contributed by atoms with Gasteiger partial charge in [0.2, 0.25) is 5.95 Å². The fourth-order valence-corrected chi connectivity index (χ4v) is 5.33. The standard InChI is InChI=1S/C28H33N7O4/c36-16-21-23(37)24(38)27(39-21)35-17-31-22-25(32-28(33-26(22)35)34-13-11-29-12-14-34)30-15-20(18-7-3-1-4-8-18)19-9-5-2-6-10-19/h1-10,17,20-21,23-24,27,29,36-38H,11-16H2,(H,30,32,33)/t21-,23-,24-,27-/m1/s1. The van der Waals surface area contributed by atoms with E-state index in [0.717, 1.165) is 26.2 Å². The summed E-state index contributed by atoms with van der Waals surface area (Å²) in [5.41, 5.74) is 3.38. The molecule has 0 unspecified atom stereocenters. The van der Waals surface area contributed by atoms with Gasteiger partial charge in [-0.1, -0.05) is 60.7 Å². The van der Waals surface area contributed by atoms with Crippen molar-refractivity contribution >= 4 is 22.9 Å². The molecule has 0 aliphatic carbocycles. The molecule has 11 heteroatoms. The van der Waals surface area contributed by atoms with Gasteiger partial charge in [-0.25, -0.2) is 4.98 Å². The van der Waals surface area contributed by atoms with E-state index in [9.17, 15) is 15.3 Å². The summed E-state index contributed by atoms with van der Waals surface area (Å²) in [6.45, 7) is 3.31. The number of aliphatic hydroxyl groups is 3. The van der Waals surface area contributed by atoms with Crippen LogP contribution in [0, 0.1) is 0 Å². The Balaban J connectivity index is 1.38. The monoisotopic (exact) mass is 531 g/mol. The Labute approximate surface area is 226 Å². The van der Waals surface area contributed by atoms with Crippen LogP contribution in [0.2, 0.25) is 0 Å². The van der Waals surface area contributed by atoms with Crippen LogP contribution in [0.25, 0.3) is 11.2 Å². The molecule has 0 amide bonds. The number of aromatic nitrogens is 4. The predicted molar refractivity (Wildman–Crippen MR) is 147 cm³/mol. The van der Waals surface area contributed by atoms with Gasteiger partial charge in [0, 0.05) is 38.6 Å². The quantitative estimate of drug-likeness (QED) is 0.224. The number of nitrogens with one attached hydrogen (secondary N) is 2. The highest BCUT2D eigenvalue weighted by atomic mass is 16.6. The number of fused-ring (bicyclic) bond motifs is 1. The topological polar surface area (TPSA) is 141 Å². The maximum atomic E-state index is 10.7. The number of imidazole rings is 1. The molecule has 4 aromatic rings. The molecule has 2 saturated heterocycles. The second-order valence-electron chi connectivity index (χ2n) is 9.92. The molecular weight excluding hydrogens is 498 g/mol. The highest BCUT2D eigenvalue weighted by Crippen LogP contribution is 2.34. The summed E-state index contributed by atoms with van der Waals surface area (Å²) in [7, 11) is 0. The van der Waals surface area contributed by atoms with Gasteiger partial charge in [-0.05, 0) is 11.1 Å². The van der Waals surface area contributed by atoms with Crippen LogP contribution in [0.15, 0.2) is 67.0 Å². The number of aliphatic hydroxyl groups excluding tert-OH is 3. The Morgan fingerprint density at radius 1 is 0.949 bits per heavy atom. The van der Waals surface area contributed by atoms with Crippen molar-refractivity contribution < 1.29 is 20.1 Å². The third-order valence-corrected chi connectivity index (χ3v) is 7.48. The molecule has 0 saturated carbocycles. The van der Waals surface area contributed by atoms with Crippen molar-refractivity contribution in [2.24, 2.45) is 0 Å². The van der Waals surface area contributed by atoms with E-state index >= 15 is 0 Å². The number of benzene rings is 2. The molecule has 6 rings (SSSR count). The molecule has 2 aliphatic rings. The first kappa shape index (κ1) is 25.7. The first-order valence-corrected chi connectivity index (χ1v) is 13.3. The second-order valence-corrected chi connectivity index (χ2v) is 9.92. The summed E-state index contributed by atoms with van der Waals surface area (Å²) in [5, 5.41) is 37.5. The van der Waals surface area contributed by atoms with Gasteiger partial charge in [-0.3, -0.25) is 4.57 Å². The fourth-order valence-electron chi connectivity index (χ4n) is 5.33. The van der Waals surface area contributed by atoms with Crippen molar-refractivity contribution in [1.82, 2.24) is 24.8 Å². The predicted octanol–water partition coefficient (Wildman–Crippen LogP) is 1.09. The summed E-state index contributed by atoms with van der Waals surface area (Å²) in [6, 6.07) is 20.7. The van der Waals surface area contributed by atoms with E-state index in [1.165, 1.54) is 17.5 Å². The molecule has 2 aliphatic heterocycles. The minimum absolute atomic E-state index is 0.0718. The third-order valence-electron chi connectivity index (χ3n) is 7.48. The molecule has 204 valence electrons. The van der Waals surface area contributed by atoms with Crippen molar-refractivity contribution in [2.45, 2.75) is 30.5 Å². The van der Waals surface area contributed by atoms with E-state index in [1.54, 1.807) is 4.57 Å². The van der Waals surface area contributed by atoms with Gasteiger partial charge in [0.15, 0.2) is 23.2 Å². The molecule has 0 bridgehead atoms.